The van der Waals surface area contributed by atoms with Crippen molar-refractivity contribution in [2.45, 2.75) is 161 Å². The maximum absolute atomic E-state index is 14.2. The number of aliphatic hydroxyl groups is 4. The average molecular weight is 774 g/mol. The average Bonchev–Trinajstić information content (AvgIpc) is 3.14. The molecule has 3 aliphatic heterocycles. The molecule has 1 amide bonds. The summed E-state index contributed by atoms with van der Waals surface area (Å²) >= 11 is 0. The van der Waals surface area contributed by atoms with Gasteiger partial charge in [-0.3, -0.25) is 14.4 Å². The van der Waals surface area contributed by atoms with Crippen molar-refractivity contribution in [1.29, 1.82) is 0 Å². The highest BCUT2D eigenvalue weighted by atomic mass is 16.7. The molecule has 2 saturated heterocycles. The van der Waals surface area contributed by atoms with Gasteiger partial charge in [-0.1, -0.05) is 52.8 Å². The van der Waals surface area contributed by atoms with Crippen LogP contribution in [0.4, 0.5) is 0 Å². The van der Waals surface area contributed by atoms with Gasteiger partial charge in [-0.25, -0.2) is 4.79 Å². The van der Waals surface area contributed by atoms with E-state index in [0.717, 1.165) is 17.7 Å². The quantitative estimate of drug-likeness (QED) is 0.174. The van der Waals surface area contributed by atoms with E-state index in [4.69, 9.17) is 14.2 Å². The number of esters is 1. The number of ether oxygens (including phenoxy) is 3. The van der Waals surface area contributed by atoms with Crippen LogP contribution in [0.3, 0.4) is 0 Å². The largest absolute Gasteiger partial charge is 0.456 e. The van der Waals surface area contributed by atoms with Gasteiger partial charge in [0.25, 0.3) is 11.7 Å². The number of ketones is 2. The number of piperidine rings is 1. The highest BCUT2D eigenvalue weighted by Gasteiger charge is 2.56. The Kier molecular flexibility index (Phi) is 16.0. The second-order valence-electron chi connectivity index (χ2n) is 17.3. The highest BCUT2D eigenvalue weighted by Crippen LogP contribution is 2.39. The third-order valence-corrected chi connectivity index (χ3v) is 12.6. The van der Waals surface area contributed by atoms with Crippen molar-refractivity contribution in [3.63, 3.8) is 0 Å². The lowest BCUT2D eigenvalue weighted by molar-refractivity contribution is -0.301. The molecule has 14 atom stereocenters. The molecule has 12 nitrogen and oxygen atoms in total. The van der Waals surface area contributed by atoms with Gasteiger partial charge in [0.1, 0.15) is 18.2 Å². The summed E-state index contributed by atoms with van der Waals surface area (Å²) < 4.78 is 17.9. The van der Waals surface area contributed by atoms with E-state index in [9.17, 15) is 39.6 Å². The molecular weight excluding hydrogens is 706 g/mol. The molecule has 4 aliphatic rings. The molecule has 55 heavy (non-hydrogen) atoms. The van der Waals surface area contributed by atoms with Gasteiger partial charge >= 0.3 is 5.97 Å². The van der Waals surface area contributed by atoms with E-state index in [1.807, 2.05) is 39.8 Å². The maximum Gasteiger partial charge on any atom is 0.329 e. The van der Waals surface area contributed by atoms with Crippen LogP contribution in [0, 0.1) is 35.5 Å². The molecule has 12 heteroatoms. The summed E-state index contributed by atoms with van der Waals surface area (Å²) in [5.41, 5.74) is 1.19. The van der Waals surface area contributed by atoms with Gasteiger partial charge in [0.15, 0.2) is 5.78 Å². The second-order valence-corrected chi connectivity index (χ2v) is 17.3. The monoisotopic (exact) mass is 773 g/mol. The first-order chi connectivity index (χ1) is 25.9. The lowest BCUT2D eigenvalue weighted by Crippen LogP contribution is -2.64. The number of carbonyl (C=O) groups is 4. The predicted octanol–water partition coefficient (Wildman–Crippen LogP) is 4.61. The molecule has 4 rings (SSSR count). The number of fused-ring (bicyclic) bond motifs is 3. The first-order valence-corrected chi connectivity index (χ1v) is 20.5. The van der Waals surface area contributed by atoms with Crippen molar-refractivity contribution in [3.8, 4) is 0 Å². The summed E-state index contributed by atoms with van der Waals surface area (Å²) in [6, 6.07) is -1.15. The van der Waals surface area contributed by atoms with Gasteiger partial charge in [0.2, 0.25) is 5.79 Å². The van der Waals surface area contributed by atoms with E-state index >= 15 is 0 Å². The third kappa shape index (κ3) is 10.8. The van der Waals surface area contributed by atoms with Crippen LogP contribution in [0.25, 0.3) is 0 Å². The highest BCUT2D eigenvalue weighted by molar-refractivity contribution is 6.39. The SMILES string of the molecule is C=CCC1=CC(C)CC(C)CC(O)C2OC(O)(C(=O)C(=O)N3CCCCC3C(=O)OC(C(C)=CC3CCC(O)C(C)C3)C(C)C(O)CC1=O)C(C)CC2OC. The van der Waals surface area contributed by atoms with E-state index in [2.05, 4.69) is 6.58 Å². The lowest BCUT2D eigenvalue weighted by Gasteiger charge is -2.46. The number of carbonyl (C=O) groups excluding carboxylic acids is 4. The van der Waals surface area contributed by atoms with Crippen molar-refractivity contribution in [1.82, 2.24) is 4.90 Å². The minimum absolute atomic E-state index is 0.0735. The van der Waals surface area contributed by atoms with Gasteiger partial charge < -0.3 is 39.5 Å². The Balaban J connectivity index is 1.76. The van der Waals surface area contributed by atoms with Gasteiger partial charge in [0, 0.05) is 31.9 Å². The number of hydrogen-bond acceptors (Lipinski definition) is 11. The molecule has 310 valence electrons. The molecule has 0 aromatic carbocycles. The van der Waals surface area contributed by atoms with E-state index < -0.39 is 71.8 Å². The fourth-order valence-electron chi connectivity index (χ4n) is 9.27. The number of allylic oxidation sites excluding steroid dienone is 4. The Morgan fingerprint density at radius 2 is 1.67 bits per heavy atom. The van der Waals surface area contributed by atoms with E-state index in [-0.39, 0.29) is 67.8 Å². The Morgan fingerprint density at radius 3 is 2.33 bits per heavy atom. The van der Waals surface area contributed by atoms with Crippen LogP contribution in [0.2, 0.25) is 0 Å². The number of hydrogen-bond donors (Lipinski definition) is 4. The minimum atomic E-state index is -2.58. The summed E-state index contributed by atoms with van der Waals surface area (Å²) in [5.74, 6) is -7.49. The fraction of sp³-hybridized carbons (Fsp3) is 0.767. The van der Waals surface area contributed by atoms with Crippen LogP contribution in [-0.4, -0.2) is 111 Å². The first-order valence-electron chi connectivity index (χ1n) is 20.5. The van der Waals surface area contributed by atoms with Crippen molar-refractivity contribution in [2.24, 2.45) is 35.5 Å². The van der Waals surface area contributed by atoms with Crippen LogP contribution in [0.1, 0.15) is 112 Å². The van der Waals surface area contributed by atoms with Crippen LogP contribution in [0.5, 0.6) is 0 Å². The van der Waals surface area contributed by atoms with Gasteiger partial charge in [-0.2, -0.15) is 0 Å². The van der Waals surface area contributed by atoms with Gasteiger partial charge in [-0.15, -0.1) is 6.58 Å². The first kappa shape index (κ1) is 45.0. The maximum atomic E-state index is 14.2. The predicted molar refractivity (Wildman–Crippen MR) is 206 cm³/mol. The number of cyclic esters (lactones) is 1. The molecule has 3 heterocycles. The van der Waals surface area contributed by atoms with Crippen molar-refractivity contribution >= 4 is 23.4 Å². The molecule has 14 unspecified atom stereocenters. The summed E-state index contributed by atoms with van der Waals surface area (Å²) in [4.78, 5) is 57.3. The smallest absolute Gasteiger partial charge is 0.329 e. The summed E-state index contributed by atoms with van der Waals surface area (Å²) in [7, 11) is 1.46. The second kappa shape index (κ2) is 19.6. The molecule has 1 aliphatic carbocycles. The zero-order chi connectivity index (χ0) is 40.8. The number of rotatable bonds is 5. The molecule has 0 radical (unpaired) electrons. The molecular formula is C43H67NO11. The molecule has 0 aromatic heterocycles. The third-order valence-electron chi connectivity index (χ3n) is 12.6. The Morgan fingerprint density at radius 1 is 0.964 bits per heavy atom. The Hall–Kier alpha value is -2.74. The summed E-state index contributed by atoms with van der Waals surface area (Å²) in [6.45, 7) is 15.0. The van der Waals surface area contributed by atoms with Crippen LogP contribution in [0.15, 0.2) is 36.0 Å². The van der Waals surface area contributed by atoms with Crippen LogP contribution >= 0.6 is 0 Å². The molecule has 0 spiro atoms. The summed E-state index contributed by atoms with van der Waals surface area (Å²) in [5, 5.41) is 45.3. The molecule has 3 fully saturated rings. The number of nitrogens with zero attached hydrogens (tertiary/aromatic N) is 1. The Labute approximate surface area is 327 Å². The molecule has 1 saturated carbocycles. The van der Waals surface area contributed by atoms with E-state index in [0.29, 0.717) is 43.3 Å². The normalized spacial score (nSPS) is 41.1. The topological polar surface area (TPSA) is 180 Å². The minimum Gasteiger partial charge on any atom is -0.456 e. The lowest BCUT2D eigenvalue weighted by atomic mass is 9.78. The fourth-order valence-corrected chi connectivity index (χ4v) is 9.27. The zero-order valence-electron chi connectivity index (χ0n) is 34.0. The summed E-state index contributed by atoms with van der Waals surface area (Å²) in [6.07, 6.45) is 4.51. The van der Waals surface area contributed by atoms with Gasteiger partial charge in [-0.05, 0) is 106 Å². The molecule has 4 N–H and O–H groups in total. The number of aliphatic hydroxyl groups excluding tert-OH is 3. The number of amides is 1. The van der Waals surface area contributed by atoms with E-state index in [1.54, 1.807) is 19.9 Å². The van der Waals surface area contributed by atoms with Crippen molar-refractivity contribution in [2.75, 3.05) is 13.7 Å². The molecule has 0 aromatic rings. The van der Waals surface area contributed by atoms with Crippen LogP contribution in [-0.2, 0) is 33.4 Å². The van der Waals surface area contributed by atoms with Crippen molar-refractivity contribution < 1.29 is 53.8 Å². The standard InChI is InChI=1S/C43H67NO11/c1-9-12-31-18-24(2)17-25(3)19-36(48)39-37(53-8)22-28(6)43(52,55-39)40(49)41(50)44-16-11-10-13-32(44)42(51)54-38(29(7)34(46)23-35(31)47)27(5)21-30-14-15-33(45)26(4)20-30/h9,18,21,24-26,28-30,32-34,36-39,45-46,48,52H,1,10-17,19-20,22-23H2,2-8H3. The molecule has 2 bridgehead atoms. The van der Waals surface area contributed by atoms with Crippen LogP contribution < -0.4 is 0 Å². The van der Waals surface area contributed by atoms with E-state index in [1.165, 1.54) is 7.11 Å². The van der Waals surface area contributed by atoms with Gasteiger partial charge in [0.05, 0.1) is 24.4 Å². The Bertz CT molecular complexity index is 1440. The number of Topliss-reactive ketones (excluding diaryl/α,β-unsaturated/α-hetero) is 2. The zero-order valence-corrected chi connectivity index (χ0v) is 34.0. The number of methoxy groups -OCH3 is 1. The van der Waals surface area contributed by atoms with Crippen molar-refractivity contribution in [3.05, 3.63) is 36.0 Å².